The van der Waals surface area contributed by atoms with E-state index in [2.05, 4.69) is 10.3 Å². The average molecular weight is 332 g/mol. The summed E-state index contributed by atoms with van der Waals surface area (Å²) in [4.78, 5) is 14.5. The molecule has 0 spiro atoms. The van der Waals surface area contributed by atoms with Crippen LogP contribution in [0, 0.1) is 27.7 Å². The molecule has 1 amide bonds. The van der Waals surface area contributed by atoms with Crippen molar-refractivity contribution >= 4 is 15.9 Å². The summed E-state index contributed by atoms with van der Waals surface area (Å²) in [5.74, 6) is -0.476. The Morgan fingerprint density at radius 3 is 1.91 bits per heavy atom. The molecule has 0 heterocycles. The third-order valence-electron chi connectivity index (χ3n) is 3.53. The smallest absolute Gasteiger partial charge is 0.266 e. The molecule has 0 bridgehead atoms. The van der Waals surface area contributed by atoms with Gasteiger partial charge in [-0.2, -0.15) is 0 Å². The first kappa shape index (κ1) is 17.2. The van der Waals surface area contributed by atoms with Crippen LogP contribution in [-0.4, -0.2) is 14.3 Å². The first-order valence-electron chi connectivity index (χ1n) is 7.17. The molecule has 5 nitrogen and oxygen atoms in total. The summed E-state index contributed by atoms with van der Waals surface area (Å²) in [6.45, 7) is 7.46. The number of sulfonamides is 1. The summed E-state index contributed by atoms with van der Waals surface area (Å²) in [7, 11) is -3.80. The van der Waals surface area contributed by atoms with E-state index in [1.807, 2.05) is 39.8 Å². The van der Waals surface area contributed by atoms with E-state index in [-0.39, 0.29) is 4.90 Å². The Morgan fingerprint density at radius 1 is 0.870 bits per heavy atom. The topological polar surface area (TPSA) is 75.3 Å². The first-order valence-corrected chi connectivity index (χ1v) is 8.65. The fourth-order valence-corrected chi connectivity index (χ4v) is 3.33. The zero-order valence-corrected chi connectivity index (χ0v) is 14.4. The molecule has 0 fully saturated rings. The number of hydrazine groups is 1. The number of benzene rings is 2. The molecule has 0 aliphatic rings. The molecular formula is C17H20N2O3S. The van der Waals surface area contributed by atoms with Crippen molar-refractivity contribution in [1.29, 1.82) is 0 Å². The van der Waals surface area contributed by atoms with E-state index in [0.717, 1.165) is 22.3 Å². The Balaban J connectivity index is 2.17. The van der Waals surface area contributed by atoms with Crippen LogP contribution in [0.5, 0.6) is 0 Å². The van der Waals surface area contributed by atoms with Crippen LogP contribution in [0.3, 0.4) is 0 Å². The van der Waals surface area contributed by atoms with Crippen molar-refractivity contribution in [2.24, 2.45) is 0 Å². The molecule has 0 unspecified atom stereocenters. The van der Waals surface area contributed by atoms with Crippen LogP contribution >= 0.6 is 0 Å². The highest BCUT2D eigenvalue weighted by Crippen LogP contribution is 2.16. The van der Waals surface area contributed by atoms with Gasteiger partial charge in [0, 0.05) is 5.56 Å². The highest BCUT2D eigenvalue weighted by molar-refractivity contribution is 7.89. The van der Waals surface area contributed by atoms with E-state index in [9.17, 15) is 13.2 Å². The molecule has 0 atom stereocenters. The second kappa shape index (κ2) is 6.52. The van der Waals surface area contributed by atoms with Crippen molar-refractivity contribution in [1.82, 2.24) is 10.3 Å². The van der Waals surface area contributed by atoms with Crippen molar-refractivity contribution in [3.8, 4) is 0 Å². The van der Waals surface area contributed by atoms with Gasteiger partial charge in [0.15, 0.2) is 0 Å². The Morgan fingerprint density at radius 2 is 1.39 bits per heavy atom. The van der Waals surface area contributed by atoms with Gasteiger partial charge in [-0.05, 0) is 51.0 Å². The molecule has 0 aliphatic carbocycles. The van der Waals surface area contributed by atoms with E-state index in [1.54, 1.807) is 12.1 Å². The molecule has 2 N–H and O–H groups in total. The highest BCUT2D eigenvalue weighted by atomic mass is 32.2. The fraction of sp³-hybridized carbons (Fsp3) is 0.235. The van der Waals surface area contributed by atoms with Crippen molar-refractivity contribution in [3.05, 3.63) is 64.2 Å². The first-order chi connectivity index (χ1) is 10.7. The standard InChI is InChI=1S/C17H20N2O3S/c1-11-5-7-15(8-6-11)23(21,22)19-18-17(20)16-13(3)9-12(2)10-14(16)4/h5-10,19H,1-4H3,(H,18,20). The zero-order valence-electron chi connectivity index (χ0n) is 13.6. The minimum absolute atomic E-state index is 0.0979. The van der Waals surface area contributed by atoms with Gasteiger partial charge in [-0.25, -0.2) is 8.42 Å². The average Bonchev–Trinajstić information content (AvgIpc) is 2.44. The largest absolute Gasteiger partial charge is 0.273 e. The van der Waals surface area contributed by atoms with Crippen molar-refractivity contribution < 1.29 is 13.2 Å². The zero-order chi connectivity index (χ0) is 17.2. The Bertz CT molecular complexity index is 818. The summed E-state index contributed by atoms with van der Waals surface area (Å²) >= 11 is 0. The minimum atomic E-state index is -3.80. The number of rotatable bonds is 4. The lowest BCUT2D eigenvalue weighted by Crippen LogP contribution is -2.42. The number of hydrogen-bond donors (Lipinski definition) is 2. The molecule has 2 aromatic carbocycles. The van der Waals surface area contributed by atoms with Gasteiger partial charge in [0.05, 0.1) is 4.90 Å². The predicted octanol–water partition coefficient (Wildman–Crippen LogP) is 2.54. The number of aryl methyl sites for hydroxylation is 4. The van der Waals surface area contributed by atoms with E-state index < -0.39 is 15.9 Å². The number of carbonyl (C=O) groups excluding carboxylic acids is 1. The van der Waals surface area contributed by atoms with Crippen molar-refractivity contribution in [2.45, 2.75) is 32.6 Å². The maximum absolute atomic E-state index is 12.3. The molecule has 0 saturated carbocycles. The van der Waals surface area contributed by atoms with E-state index in [1.165, 1.54) is 12.1 Å². The minimum Gasteiger partial charge on any atom is -0.273 e. The van der Waals surface area contributed by atoms with Crippen molar-refractivity contribution in [2.75, 3.05) is 0 Å². The third kappa shape index (κ3) is 3.97. The normalized spacial score (nSPS) is 11.3. The molecule has 2 rings (SSSR count). The van der Waals surface area contributed by atoms with Gasteiger partial charge in [-0.15, -0.1) is 4.83 Å². The quantitative estimate of drug-likeness (QED) is 0.845. The van der Waals surface area contributed by atoms with Gasteiger partial charge in [-0.3, -0.25) is 10.2 Å². The summed E-state index contributed by atoms with van der Waals surface area (Å²) < 4.78 is 24.4. The predicted molar refractivity (Wildman–Crippen MR) is 89.6 cm³/mol. The molecule has 122 valence electrons. The van der Waals surface area contributed by atoms with E-state index >= 15 is 0 Å². The van der Waals surface area contributed by atoms with Crippen LogP contribution in [0.1, 0.15) is 32.6 Å². The number of nitrogens with one attached hydrogen (secondary N) is 2. The van der Waals surface area contributed by atoms with Crippen molar-refractivity contribution in [3.63, 3.8) is 0 Å². The summed E-state index contributed by atoms with van der Waals surface area (Å²) in [5.41, 5.74) is 6.36. The summed E-state index contributed by atoms with van der Waals surface area (Å²) in [5, 5.41) is 0. The van der Waals surface area contributed by atoms with E-state index in [0.29, 0.717) is 5.56 Å². The van der Waals surface area contributed by atoms with Crippen LogP contribution in [0.2, 0.25) is 0 Å². The lowest BCUT2D eigenvalue weighted by Gasteiger charge is -2.13. The van der Waals surface area contributed by atoms with Crippen LogP contribution in [0.25, 0.3) is 0 Å². The summed E-state index contributed by atoms with van der Waals surface area (Å²) in [6.07, 6.45) is 0. The number of amides is 1. The Kier molecular flexibility index (Phi) is 4.87. The molecule has 0 aliphatic heterocycles. The second-order valence-corrected chi connectivity index (χ2v) is 7.33. The Hall–Kier alpha value is -2.18. The van der Waals surface area contributed by atoms with Crippen LogP contribution < -0.4 is 10.3 Å². The molecule has 0 radical (unpaired) electrons. The Labute approximate surface area is 136 Å². The molecular weight excluding hydrogens is 312 g/mol. The summed E-state index contributed by atoms with van der Waals surface area (Å²) in [6, 6.07) is 10.2. The van der Waals surface area contributed by atoms with Gasteiger partial charge in [-0.1, -0.05) is 35.4 Å². The molecule has 6 heteroatoms. The van der Waals surface area contributed by atoms with Gasteiger partial charge >= 0.3 is 0 Å². The number of hydrogen-bond acceptors (Lipinski definition) is 3. The maximum Gasteiger partial charge on any atom is 0.266 e. The van der Waals surface area contributed by atoms with Gasteiger partial charge in [0.25, 0.3) is 15.9 Å². The monoisotopic (exact) mass is 332 g/mol. The van der Waals surface area contributed by atoms with Crippen LogP contribution in [0.15, 0.2) is 41.3 Å². The van der Waals surface area contributed by atoms with E-state index in [4.69, 9.17) is 0 Å². The lowest BCUT2D eigenvalue weighted by atomic mass is 9.99. The molecule has 0 saturated heterocycles. The molecule has 0 aromatic heterocycles. The molecule has 2 aromatic rings. The molecule has 23 heavy (non-hydrogen) atoms. The van der Waals surface area contributed by atoms with Gasteiger partial charge in [0.2, 0.25) is 0 Å². The highest BCUT2D eigenvalue weighted by Gasteiger charge is 2.17. The lowest BCUT2D eigenvalue weighted by molar-refractivity contribution is 0.0944. The third-order valence-corrected chi connectivity index (χ3v) is 4.80. The van der Waals surface area contributed by atoms with Gasteiger partial charge < -0.3 is 0 Å². The number of carbonyl (C=O) groups is 1. The fourth-order valence-electron chi connectivity index (χ4n) is 2.49. The van der Waals surface area contributed by atoms with Crippen LogP contribution in [-0.2, 0) is 10.0 Å². The SMILES string of the molecule is Cc1ccc(S(=O)(=O)NNC(=O)c2c(C)cc(C)cc2C)cc1. The maximum atomic E-state index is 12.3. The van der Waals surface area contributed by atoms with Gasteiger partial charge in [0.1, 0.15) is 0 Å². The van der Waals surface area contributed by atoms with Crippen LogP contribution in [0.4, 0.5) is 0 Å². The second-order valence-electron chi connectivity index (χ2n) is 5.65.